The lowest BCUT2D eigenvalue weighted by Crippen LogP contribution is -2.35. The molecule has 0 aliphatic carbocycles. The van der Waals surface area contributed by atoms with Gasteiger partial charge in [-0.25, -0.2) is 0 Å². The first kappa shape index (κ1) is 24.2. The van der Waals surface area contributed by atoms with E-state index in [1.54, 1.807) is 12.1 Å². The molecule has 7 heteroatoms. The molecule has 0 aliphatic rings. The molecule has 0 aromatic heterocycles. The fourth-order valence-corrected chi connectivity index (χ4v) is 2.55. The minimum atomic E-state index is -0.707. The van der Waals surface area contributed by atoms with Crippen molar-refractivity contribution in [2.24, 2.45) is 5.92 Å². The van der Waals surface area contributed by atoms with E-state index in [4.69, 9.17) is 10.5 Å². The standard InChI is InChI=1S/C19H29N3O3.ClH/c1-5-13(6-2)19(24)15-7-8-17(16(9-20)18(15)21)25-11-14(23)10-22-12(3)4;/h7-8,12-14,22-23H,5-6,10-11,21H2,1-4H3;1H. The van der Waals surface area contributed by atoms with Crippen LogP contribution in [0.25, 0.3) is 0 Å². The molecule has 0 saturated carbocycles. The number of nitriles is 1. The average Bonchev–Trinajstić information content (AvgIpc) is 2.59. The Kier molecular flexibility index (Phi) is 10.9. The summed E-state index contributed by atoms with van der Waals surface area (Å²) in [6.07, 6.45) is 0.745. The summed E-state index contributed by atoms with van der Waals surface area (Å²) in [4.78, 5) is 12.5. The second-order valence-electron chi connectivity index (χ2n) is 6.42. The number of aliphatic hydroxyl groups is 1. The Balaban J connectivity index is 0.00000625. The number of Topliss-reactive ketones (excluding diaryl/α,β-unsaturated/α-hetero) is 1. The number of ketones is 1. The van der Waals surface area contributed by atoms with Crippen LogP contribution in [-0.2, 0) is 0 Å². The molecule has 4 N–H and O–H groups in total. The number of nitrogens with one attached hydrogen (secondary N) is 1. The summed E-state index contributed by atoms with van der Waals surface area (Å²) < 4.78 is 5.55. The number of carbonyl (C=O) groups excluding carboxylic acids is 1. The van der Waals surface area contributed by atoms with Gasteiger partial charge in [-0.1, -0.05) is 27.7 Å². The molecular formula is C19H30ClN3O3. The van der Waals surface area contributed by atoms with E-state index in [9.17, 15) is 15.2 Å². The van der Waals surface area contributed by atoms with Gasteiger partial charge in [0, 0.05) is 24.1 Å². The van der Waals surface area contributed by atoms with Gasteiger partial charge in [0.2, 0.25) is 0 Å². The third-order valence-corrected chi connectivity index (χ3v) is 4.13. The Morgan fingerprint density at radius 2 is 1.96 bits per heavy atom. The van der Waals surface area contributed by atoms with Gasteiger partial charge in [-0.05, 0) is 25.0 Å². The van der Waals surface area contributed by atoms with Crippen molar-refractivity contribution < 1.29 is 14.6 Å². The van der Waals surface area contributed by atoms with Crippen molar-refractivity contribution in [3.63, 3.8) is 0 Å². The third kappa shape index (κ3) is 6.49. The number of nitrogens with zero attached hydrogens (tertiary/aromatic N) is 1. The first-order chi connectivity index (χ1) is 11.8. The van der Waals surface area contributed by atoms with Crippen molar-refractivity contribution in [1.82, 2.24) is 5.32 Å². The van der Waals surface area contributed by atoms with Gasteiger partial charge in [-0.3, -0.25) is 4.79 Å². The van der Waals surface area contributed by atoms with Crippen molar-refractivity contribution in [3.8, 4) is 11.8 Å². The van der Waals surface area contributed by atoms with Gasteiger partial charge < -0.3 is 20.9 Å². The van der Waals surface area contributed by atoms with Crippen LogP contribution in [0.5, 0.6) is 5.75 Å². The quantitative estimate of drug-likeness (QED) is 0.423. The molecule has 1 aromatic carbocycles. The fourth-order valence-electron chi connectivity index (χ4n) is 2.55. The normalized spacial score (nSPS) is 11.8. The minimum absolute atomic E-state index is 0. The highest BCUT2D eigenvalue weighted by molar-refractivity contribution is 6.03. The van der Waals surface area contributed by atoms with Crippen LogP contribution in [0.3, 0.4) is 0 Å². The zero-order valence-electron chi connectivity index (χ0n) is 15.9. The van der Waals surface area contributed by atoms with Crippen molar-refractivity contribution in [2.45, 2.75) is 52.7 Å². The van der Waals surface area contributed by atoms with Crippen LogP contribution >= 0.6 is 12.4 Å². The van der Waals surface area contributed by atoms with E-state index in [2.05, 4.69) is 5.32 Å². The second-order valence-corrected chi connectivity index (χ2v) is 6.42. The number of hydrogen-bond acceptors (Lipinski definition) is 6. The van der Waals surface area contributed by atoms with Crippen LogP contribution in [0.4, 0.5) is 5.69 Å². The third-order valence-electron chi connectivity index (χ3n) is 4.13. The van der Waals surface area contributed by atoms with Gasteiger partial charge >= 0.3 is 0 Å². The highest BCUT2D eigenvalue weighted by Crippen LogP contribution is 2.30. The number of ether oxygens (including phenoxy) is 1. The Morgan fingerprint density at radius 1 is 1.35 bits per heavy atom. The molecule has 0 amide bonds. The van der Waals surface area contributed by atoms with E-state index in [0.29, 0.717) is 12.1 Å². The molecule has 6 nitrogen and oxygen atoms in total. The molecule has 1 unspecified atom stereocenters. The lowest BCUT2D eigenvalue weighted by molar-refractivity contribution is 0.0913. The maximum atomic E-state index is 12.5. The number of benzene rings is 1. The Morgan fingerprint density at radius 3 is 2.46 bits per heavy atom. The number of halogens is 1. The molecule has 0 heterocycles. The number of nitrogens with two attached hydrogens (primary N) is 1. The summed E-state index contributed by atoms with van der Waals surface area (Å²) in [6.45, 7) is 8.30. The fraction of sp³-hybridized carbons (Fsp3) is 0.579. The van der Waals surface area contributed by atoms with Gasteiger partial charge in [0.1, 0.15) is 30.1 Å². The molecule has 0 aliphatic heterocycles. The highest BCUT2D eigenvalue weighted by atomic mass is 35.5. The molecule has 0 saturated heterocycles. The predicted octanol–water partition coefficient (Wildman–Crippen LogP) is 2.92. The smallest absolute Gasteiger partial charge is 0.168 e. The summed E-state index contributed by atoms with van der Waals surface area (Å²) in [7, 11) is 0. The summed E-state index contributed by atoms with van der Waals surface area (Å²) in [5.41, 5.74) is 6.69. The van der Waals surface area contributed by atoms with Gasteiger partial charge in [0.15, 0.2) is 5.78 Å². The number of nitrogen functional groups attached to an aromatic ring is 1. The SMILES string of the molecule is CCC(CC)C(=O)c1ccc(OCC(O)CNC(C)C)c(C#N)c1N.Cl. The molecule has 26 heavy (non-hydrogen) atoms. The Bertz CT molecular complexity index is 625. The highest BCUT2D eigenvalue weighted by Gasteiger charge is 2.22. The van der Waals surface area contributed by atoms with Gasteiger partial charge in [-0.15, -0.1) is 12.4 Å². The second kappa shape index (κ2) is 11.7. The van der Waals surface area contributed by atoms with E-state index >= 15 is 0 Å². The zero-order valence-corrected chi connectivity index (χ0v) is 16.7. The number of carbonyl (C=O) groups is 1. The number of aliphatic hydroxyl groups excluding tert-OH is 1. The van der Waals surface area contributed by atoms with Crippen molar-refractivity contribution in [1.29, 1.82) is 5.26 Å². The van der Waals surface area contributed by atoms with Crippen LogP contribution in [0.1, 0.15) is 56.5 Å². The van der Waals surface area contributed by atoms with E-state index in [1.165, 1.54) is 0 Å². The van der Waals surface area contributed by atoms with Crippen LogP contribution in [-0.4, -0.2) is 36.2 Å². The largest absolute Gasteiger partial charge is 0.489 e. The van der Waals surface area contributed by atoms with E-state index < -0.39 is 6.10 Å². The van der Waals surface area contributed by atoms with Crippen LogP contribution in [0.2, 0.25) is 0 Å². The lowest BCUT2D eigenvalue weighted by Gasteiger charge is -2.18. The average molecular weight is 384 g/mol. The van der Waals surface area contributed by atoms with Crippen molar-refractivity contribution in [3.05, 3.63) is 23.3 Å². The molecule has 1 rings (SSSR count). The molecule has 0 radical (unpaired) electrons. The predicted molar refractivity (Wildman–Crippen MR) is 106 cm³/mol. The van der Waals surface area contributed by atoms with Gasteiger partial charge in [-0.2, -0.15) is 5.26 Å². The molecule has 1 aromatic rings. The van der Waals surface area contributed by atoms with Crippen molar-refractivity contribution in [2.75, 3.05) is 18.9 Å². The topological polar surface area (TPSA) is 108 Å². The molecule has 0 spiro atoms. The number of rotatable bonds is 10. The molecule has 146 valence electrons. The van der Waals surface area contributed by atoms with Gasteiger partial charge in [0.05, 0.1) is 5.69 Å². The zero-order chi connectivity index (χ0) is 19.0. The number of hydrogen-bond donors (Lipinski definition) is 3. The molecule has 0 fully saturated rings. The maximum Gasteiger partial charge on any atom is 0.168 e. The van der Waals surface area contributed by atoms with Crippen LogP contribution in [0, 0.1) is 17.2 Å². The van der Waals surface area contributed by atoms with E-state index in [-0.39, 0.29) is 53.8 Å². The number of anilines is 1. The van der Waals surface area contributed by atoms with Gasteiger partial charge in [0.25, 0.3) is 0 Å². The summed E-state index contributed by atoms with van der Waals surface area (Å²) in [6, 6.07) is 5.45. The Labute approximate surface area is 162 Å². The summed E-state index contributed by atoms with van der Waals surface area (Å²) in [5, 5.41) is 22.4. The Hall–Kier alpha value is -1.81. The summed E-state index contributed by atoms with van der Waals surface area (Å²) in [5.74, 6) is 0.126. The maximum absolute atomic E-state index is 12.5. The monoisotopic (exact) mass is 383 g/mol. The lowest BCUT2D eigenvalue weighted by atomic mass is 9.91. The van der Waals surface area contributed by atoms with Crippen molar-refractivity contribution >= 4 is 23.9 Å². The first-order valence-electron chi connectivity index (χ1n) is 8.76. The van der Waals surface area contributed by atoms with Crippen LogP contribution in [0.15, 0.2) is 12.1 Å². The molecular weight excluding hydrogens is 354 g/mol. The summed E-state index contributed by atoms with van der Waals surface area (Å²) >= 11 is 0. The minimum Gasteiger partial charge on any atom is -0.489 e. The molecule has 0 bridgehead atoms. The molecule has 1 atom stereocenters. The van der Waals surface area contributed by atoms with E-state index in [1.807, 2.05) is 33.8 Å². The van der Waals surface area contributed by atoms with Crippen LogP contribution < -0.4 is 15.8 Å². The first-order valence-corrected chi connectivity index (χ1v) is 8.76. The van der Waals surface area contributed by atoms with E-state index in [0.717, 1.165) is 12.8 Å².